The average Bonchev–Trinajstić information content (AvgIpc) is 2.79. The lowest BCUT2D eigenvalue weighted by Crippen LogP contribution is -2.42. The first-order valence-electron chi connectivity index (χ1n) is 10.2. The van der Waals surface area contributed by atoms with Crippen molar-refractivity contribution < 1.29 is 18.9 Å². The minimum absolute atomic E-state index is 0.0580. The van der Waals surface area contributed by atoms with Gasteiger partial charge in [0.25, 0.3) is 5.69 Å². The molecule has 2 aromatic rings. The van der Waals surface area contributed by atoms with E-state index in [0.717, 1.165) is 0 Å². The van der Waals surface area contributed by atoms with Gasteiger partial charge in [-0.1, -0.05) is 30.3 Å². The molecule has 0 spiro atoms. The highest BCUT2D eigenvalue weighted by atomic mass is 19.1. The second-order valence-electron chi connectivity index (χ2n) is 7.38. The first-order chi connectivity index (χ1) is 15.0. The van der Waals surface area contributed by atoms with E-state index in [2.05, 4.69) is 5.32 Å². The van der Waals surface area contributed by atoms with Crippen LogP contribution in [0.3, 0.4) is 0 Å². The normalized spacial score (nSPS) is 14.5. The number of para-hydroxylation sites is 1. The van der Waals surface area contributed by atoms with Gasteiger partial charge in [-0.15, -0.1) is 0 Å². The van der Waals surface area contributed by atoms with E-state index in [0.29, 0.717) is 50.0 Å². The lowest BCUT2D eigenvalue weighted by atomic mass is 9.95. The molecule has 7 nitrogen and oxygen atoms in total. The molecule has 0 radical (unpaired) electrons. The van der Waals surface area contributed by atoms with E-state index in [4.69, 9.17) is 0 Å². The predicted molar refractivity (Wildman–Crippen MR) is 115 cm³/mol. The number of carbonyl (C=O) groups excluding carboxylic acids is 2. The van der Waals surface area contributed by atoms with Crippen molar-refractivity contribution in [3.05, 3.63) is 81.7 Å². The first kappa shape index (κ1) is 22.1. The lowest BCUT2D eigenvalue weighted by Gasteiger charge is -2.30. The summed E-state index contributed by atoms with van der Waals surface area (Å²) in [7, 11) is 0. The molecule has 0 aromatic heterocycles. The number of benzene rings is 2. The van der Waals surface area contributed by atoms with Crippen LogP contribution in [0.4, 0.5) is 10.1 Å². The largest absolute Gasteiger partial charge is 0.356 e. The number of nitrogens with zero attached hydrogens (tertiary/aromatic N) is 2. The Balaban J connectivity index is 1.45. The van der Waals surface area contributed by atoms with E-state index < -0.39 is 4.92 Å². The van der Waals surface area contributed by atoms with Crippen LogP contribution in [-0.2, 0) is 16.0 Å². The van der Waals surface area contributed by atoms with Crippen LogP contribution >= 0.6 is 0 Å². The average molecular weight is 425 g/mol. The van der Waals surface area contributed by atoms with E-state index in [1.165, 1.54) is 24.3 Å². The van der Waals surface area contributed by atoms with Crippen molar-refractivity contribution in [2.24, 2.45) is 5.92 Å². The van der Waals surface area contributed by atoms with Gasteiger partial charge < -0.3 is 10.2 Å². The summed E-state index contributed by atoms with van der Waals surface area (Å²) < 4.78 is 13.6. The zero-order valence-corrected chi connectivity index (χ0v) is 17.0. The molecule has 0 saturated carbocycles. The highest BCUT2D eigenvalue weighted by Gasteiger charge is 2.26. The third kappa shape index (κ3) is 5.97. The number of nitro groups is 1. The molecule has 2 amide bonds. The third-order valence-corrected chi connectivity index (χ3v) is 5.37. The number of nitrogens with one attached hydrogen (secondary N) is 1. The van der Waals surface area contributed by atoms with E-state index in [-0.39, 0.29) is 29.2 Å². The van der Waals surface area contributed by atoms with Gasteiger partial charge in [0.05, 0.1) is 10.5 Å². The second kappa shape index (κ2) is 10.5. The van der Waals surface area contributed by atoms with Crippen molar-refractivity contribution in [3.8, 4) is 0 Å². The van der Waals surface area contributed by atoms with Gasteiger partial charge in [-0.3, -0.25) is 19.7 Å². The maximum atomic E-state index is 13.6. The van der Waals surface area contributed by atoms with Crippen LogP contribution in [0.15, 0.2) is 54.6 Å². The molecule has 1 heterocycles. The third-order valence-electron chi connectivity index (χ3n) is 5.37. The molecule has 0 unspecified atom stereocenters. The summed E-state index contributed by atoms with van der Waals surface area (Å²) in [6.45, 7) is 1.23. The Morgan fingerprint density at radius 3 is 2.52 bits per heavy atom. The lowest BCUT2D eigenvalue weighted by molar-refractivity contribution is -0.385. The van der Waals surface area contributed by atoms with E-state index in [1.807, 2.05) is 0 Å². The highest BCUT2D eigenvalue weighted by molar-refractivity contribution is 5.92. The van der Waals surface area contributed by atoms with Gasteiger partial charge in [0.15, 0.2) is 0 Å². The first-order valence-corrected chi connectivity index (χ1v) is 10.2. The Labute approximate surface area is 179 Å². The van der Waals surface area contributed by atoms with Crippen LogP contribution in [0.1, 0.15) is 24.0 Å². The van der Waals surface area contributed by atoms with Crippen LogP contribution in [0.25, 0.3) is 6.08 Å². The number of amides is 2. The molecule has 0 aliphatic carbocycles. The van der Waals surface area contributed by atoms with Gasteiger partial charge in [-0.25, -0.2) is 4.39 Å². The second-order valence-corrected chi connectivity index (χ2v) is 7.38. The van der Waals surface area contributed by atoms with Crippen LogP contribution in [0, 0.1) is 21.8 Å². The number of rotatable bonds is 7. The Hall–Kier alpha value is -3.55. The Kier molecular flexibility index (Phi) is 7.48. The highest BCUT2D eigenvalue weighted by Crippen LogP contribution is 2.21. The summed E-state index contributed by atoms with van der Waals surface area (Å²) >= 11 is 0. The monoisotopic (exact) mass is 425 g/mol. The summed E-state index contributed by atoms with van der Waals surface area (Å²) in [6.07, 6.45) is 4.28. The predicted octanol–water partition coefficient (Wildman–Crippen LogP) is 3.34. The molecule has 1 aliphatic rings. The number of halogens is 1. The van der Waals surface area contributed by atoms with Crippen LogP contribution in [0.2, 0.25) is 0 Å². The molecule has 1 fully saturated rings. The van der Waals surface area contributed by atoms with Crippen LogP contribution < -0.4 is 5.32 Å². The smallest absolute Gasteiger partial charge is 0.276 e. The van der Waals surface area contributed by atoms with Crippen LogP contribution in [-0.4, -0.2) is 41.3 Å². The van der Waals surface area contributed by atoms with Gasteiger partial charge in [-0.05, 0) is 43.0 Å². The molecule has 0 atom stereocenters. The van der Waals surface area contributed by atoms with Crippen molar-refractivity contribution in [1.29, 1.82) is 0 Å². The molecule has 0 bridgehead atoms. The fourth-order valence-electron chi connectivity index (χ4n) is 3.59. The minimum atomic E-state index is -0.486. The standard InChI is InChI=1S/C23H24FN3O4/c24-20-7-3-1-5-17(20)11-14-25-23(29)19-12-15-26(16-13-19)22(28)10-9-18-6-2-4-8-21(18)27(30)31/h1-10,19H,11-16H2,(H,25,29). The minimum Gasteiger partial charge on any atom is -0.356 e. The van der Waals surface area contributed by atoms with E-state index in [1.54, 1.807) is 41.3 Å². The number of nitro benzene ring substituents is 1. The fourth-order valence-corrected chi connectivity index (χ4v) is 3.59. The maximum Gasteiger partial charge on any atom is 0.276 e. The molecule has 2 aromatic carbocycles. The van der Waals surface area contributed by atoms with Crippen molar-refractivity contribution in [1.82, 2.24) is 10.2 Å². The topological polar surface area (TPSA) is 92.6 Å². The van der Waals surface area contributed by atoms with Crippen molar-refractivity contribution in [2.45, 2.75) is 19.3 Å². The van der Waals surface area contributed by atoms with Crippen molar-refractivity contribution >= 4 is 23.6 Å². The number of piperidine rings is 1. The Bertz CT molecular complexity index is 984. The summed E-state index contributed by atoms with van der Waals surface area (Å²) in [5.74, 6) is -0.795. The number of carbonyl (C=O) groups is 2. The summed E-state index contributed by atoms with van der Waals surface area (Å²) in [4.78, 5) is 37.0. The number of hydrogen-bond acceptors (Lipinski definition) is 4. The molecule has 1 N–H and O–H groups in total. The molecule has 162 valence electrons. The molecule has 8 heteroatoms. The summed E-state index contributed by atoms with van der Waals surface area (Å²) in [5.41, 5.74) is 0.871. The van der Waals surface area contributed by atoms with Crippen molar-refractivity contribution in [3.63, 3.8) is 0 Å². The van der Waals surface area contributed by atoms with Gasteiger partial charge >= 0.3 is 0 Å². The quantitative estimate of drug-likeness (QED) is 0.418. The molecule has 31 heavy (non-hydrogen) atoms. The number of likely N-dealkylation sites (tertiary alicyclic amines) is 1. The molecular weight excluding hydrogens is 401 g/mol. The van der Waals surface area contributed by atoms with Gasteiger partial charge in [0, 0.05) is 37.7 Å². The van der Waals surface area contributed by atoms with Crippen LogP contribution in [0.5, 0.6) is 0 Å². The van der Waals surface area contributed by atoms with Gasteiger partial charge in [-0.2, -0.15) is 0 Å². The Morgan fingerprint density at radius 1 is 1.13 bits per heavy atom. The Morgan fingerprint density at radius 2 is 1.81 bits per heavy atom. The molecule has 1 saturated heterocycles. The zero-order chi connectivity index (χ0) is 22.2. The van der Waals surface area contributed by atoms with Crippen molar-refractivity contribution in [2.75, 3.05) is 19.6 Å². The van der Waals surface area contributed by atoms with E-state index >= 15 is 0 Å². The molecular formula is C23H24FN3O4. The fraction of sp³-hybridized carbons (Fsp3) is 0.304. The molecule has 1 aliphatic heterocycles. The zero-order valence-electron chi connectivity index (χ0n) is 17.0. The summed E-state index contributed by atoms with van der Waals surface area (Å²) in [5, 5.41) is 13.9. The van der Waals surface area contributed by atoms with Gasteiger partial charge in [0.2, 0.25) is 11.8 Å². The van der Waals surface area contributed by atoms with Gasteiger partial charge in [0.1, 0.15) is 5.82 Å². The van der Waals surface area contributed by atoms with E-state index in [9.17, 15) is 24.1 Å². The molecule has 3 rings (SSSR count). The summed E-state index contributed by atoms with van der Waals surface area (Å²) in [6, 6.07) is 12.7. The number of hydrogen-bond donors (Lipinski definition) is 1. The SMILES string of the molecule is O=C(NCCc1ccccc1F)C1CCN(C(=O)C=Cc2ccccc2[N+](=O)[O-])CC1. The maximum absolute atomic E-state index is 13.6.